The fraction of sp³-hybridized carbons (Fsp3) is 0.550. The molecule has 7 nitrogen and oxygen atoms in total. The summed E-state index contributed by atoms with van der Waals surface area (Å²) >= 11 is 5.14. The Morgan fingerprint density at radius 1 is 1.07 bits per heavy atom. The summed E-state index contributed by atoms with van der Waals surface area (Å²) in [6.07, 6.45) is 0.975. The first kappa shape index (κ1) is 23.7. The third kappa shape index (κ3) is 8.56. The quantitative estimate of drug-likeness (QED) is 0.370. The Morgan fingerprint density at radius 3 is 2.25 bits per heavy atom. The Bertz CT molecular complexity index is 647. The van der Waals surface area contributed by atoms with E-state index in [1.807, 2.05) is 20.8 Å². The minimum atomic E-state index is -0.704. The zero-order chi connectivity index (χ0) is 21.1. The molecule has 0 unspecified atom stereocenters. The maximum Gasteiger partial charge on any atom is 0.261 e. The lowest BCUT2D eigenvalue weighted by molar-refractivity contribution is -0.124. The molecular weight excluding hydrogens is 376 g/mol. The van der Waals surface area contributed by atoms with Gasteiger partial charge < -0.3 is 15.4 Å². The van der Waals surface area contributed by atoms with Crippen LogP contribution in [0.15, 0.2) is 24.3 Å². The lowest BCUT2D eigenvalue weighted by atomic mass is 10.0. The van der Waals surface area contributed by atoms with Crippen LogP contribution in [-0.4, -0.2) is 36.1 Å². The fourth-order valence-electron chi connectivity index (χ4n) is 2.34. The van der Waals surface area contributed by atoms with E-state index in [1.54, 1.807) is 24.3 Å². The monoisotopic (exact) mass is 408 g/mol. The van der Waals surface area contributed by atoms with E-state index in [9.17, 15) is 9.59 Å². The minimum absolute atomic E-state index is 0.101. The van der Waals surface area contributed by atoms with E-state index in [1.165, 1.54) is 0 Å². The number of benzene rings is 1. The zero-order valence-electron chi connectivity index (χ0n) is 17.3. The molecule has 8 heteroatoms. The maximum atomic E-state index is 12.5. The van der Waals surface area contributed by atoms with Crippen LogP contribution in [0.1, 0.15) is 51.4 Å². The van der Waals surface area contributed by atoms with E-state index in [0.29, 0.717) is 29.0 Å². The Hall–Kier alpha value is -2.35. The van der Waals surface area contributed by atoms with E-state index in [2.05, 4.69) is 35.3 Å². The minimum Gasteiger partial charge on any atom is -0.494 e. The topological polar surface area (TPSA) is 91.5 Å². The number of nitrogens with one attached hydrogen (secondary N) is 4. The van der Waals surface area contributed by atoms with Crippen molar-refractivity contribution < 1.29 is 14.3 Å². The number of ether oxygens (including phenoxy) is 1. The Labute approximate surface area is 173 Å². The number of amides is 2. The standard InChI is InChI=1S/C20H32N4O3S/c1-6-27-16-9-7-15(8-10-16)18(25)22-17(14(4)5)19(26)23-24-20(28)21-12-11-13(2)3/h7-10,13-14,17H,6,11-12H2,1-5H3,(H,22,25)(H,23,26)(H2,21,24,28)/t17-/m0/s1. The number of rotatable bonds is 9. The van der Waals surface area contributed by atoms with E-state index < -0.39 is 6.04 Å². The summed E-state index contributed by atoms with van der Waals surface area (Å²) in [5.74, 6) is 0.473. The Morgan fingerprint density at radius 2 is 1.71 bits per heavy atom. The first-order chi connectivity index (χ1) is 13.2. The van der Waals surface area contributed by atoms with Gasteiger partial charge in [0.15, 0.2) is 5.11 Å². The molecule has 0 spiro atoms. The second-order valence-corrected chi connectivity index (χ2v) is 7.61. The number of carbonyl (C=O) groups excluding carboxylic acids is 2. The molecular formula is C20H32N4O3S. The summed E-state index contributed by atoms with van der Waals surface area (Å²) in [6, 6.07) is 6.09. The molecule has 28 heavy (non-hydrogen) atoms. The summed E-state index contributed by atoms with van der Waals surface area (Å²) in [6.45, 7) is 11.2. The molecule has 0 aromatic heterocycles. The number of hydrogen-bond donors (Lipinski definition) is 4. The smallest absolute Gasteiger partial charge is 0.261 e. The van der Waals surface area contributed by atoms with Crippen molar-refractivity contribution in [3.8, 4) is 5.75 Å². The van der Waals surface area contributed by atoms with Crippen molar-refractivity contribution in [3.05, 3.63) is 29.8 Å². The van der Waals surface area contributed by atoms with Crippen molar-refractivity contribution >= 4 is 29.1 Å². The van der Waals surface area contributed by atoms with Crippen LogP contribution in [0.4, 0.5) is 0 Å². The number of carbonyl (C=O) groups is 2. The van der Waals surface area contributed by atoms with Gasteiger partial charge >= 0.3 is 0 Å². The van der Waals surface area contributed by atoms with Gasteiger partial charge in [-0.25, -0.2) is 0 Å². The Kier molecular flexibility index (Phi) is 10.3. The molecule has 0 aliphatic rings. The SMILES string of the molecule is CCOc1ccc(C(=O)N[C@H](C(=O)NNC(=S)NCCC(C)C)C(C)C)cc1. The number of thiocarbonyl (C=S) groups is 1. The van der Waals surface area contributed by atoms with Gasteiger partial charge in [0.1, 0.15) is 11.8 Å². The van der Waals surface area contributed by atoms with Crippen LogP contribution in [0.2, 0.25) is 0 Å². The van der Waals surface area contributed by atoms with Crippen molar-refractivity contribution in [3.63, 3.8) is 0 Å². The van der Waals surface area contributed by atoms with Gasteiger partial charge in [-0.1, -0.05) is 27.7 Å². The first-order valence-electron chi connectivity index (χ1n) is 9.62. The van der Waals surface area contributed by atoms with E-state index in [-0.39, 0.29) is 17.7 Å². The van der Waals surface area contributed by atoms with Crippen molar-refractivity contribution in [2.24, 2.45) is 11.8 Å². The second kappa shape index (κ2) is 12.2. The number of hydrogen-bond acceptors (Lipinski definition) is 4. The van der Waals surface area contributed by atoms with Crippen LogP contribution in [0.25, 0.3) is 0 Å². The van der Waals surface area contributed by atoms with Crippen LogP contribution in [0, 0.1) is 11.8 Å². The molecule has 0 saturated carbocycles. The highest BCUT2D eigenvalue weighted by Crippen LogP contribution is 2.12. The molecule has 2 amide bonds. The van der Waals surface area contributed by atoms with Gasteiger partial charge in [0.2, 0.25) is 0 Å². The molecule has 4 N–H and O–H groups in total. The molecule has 1 aromatic carbocycles. The van der Waals surface area contributed by atoms with Crippen molar-refractivity contribution in [2.75, 3.05) is 13.2 Å². The van der Waals surface area contributed by atoms with Crippen molar-refractivity contribution in [1.29, 1.82) is 0 Å². The average Bonchev–Trinajstić information content (AvgIpc) is 2.64. The molecule has 0 aliphatic heterocycles. The van der Waals surface area contributed by atoms with E-state index in [0.717, 1.165) is 13.0 Å². The van der Waals surface area contributed by atoms with Crippen LogP contribution >= 0.6 is 12.2 Å². The molecule has 1 atom stereocenters. The number of hydrazine groups is 1. The molecule has 0 heterocycles. The van der Waals surface area contributed by atoms with Gasteiger partial charge in [0.25, 0.3) is 11.8 Å². The molecule has 0 bridgehead atoms. The summed E-state index contributed by atoms with van der Waals surface area (Å²) in [5, 5.41) is 6.14. The largest absolute Gasteiger partial charge is 0.494 e. The molecule has 0 radical (unpaired) electrons. The van der Waals surface area contributed by atoms with Gasteiger partial charge in [-0.15, -0.1) is 0 Å². The van der Waals surface area contributed by atoms with E-state index in [4.69, 9.17) is 17.0 Å². The van der Waals surface area contributed by atoms with Gasteiger partial charge in [-0.2, -0.15) is 0 Å². The molecule has 156 valence electrons. The summed E-state index contributed by atoms with van der Waals surface area (Å²) in [7, 11) is 0. The maximum absolute atomic E-state index is 12.5. The predicted molar refractivity (Wildman–Crippen MR) is 115 cm³/mol. The molecule has 1 aromatic rings. The zero-order valence-corrected chi connectivity index (χ0v) is 18.1. The highest BCUT2D eigenvalue weighted by molar-refractivity contribution is 7.80. The van der Waals surface area contributed by atoms with Gasteiger partial charge in [0.05, 0.1) is 6.61 Å². The van der Waals surface area contributed by atoms with Crippen LogP contribution in [0.5, 0.6) is 5.75 Å². The first-order valence-corrected chi connectivity index (χ1v) is 10.0. The van der Waals surface area contributed by atoms with Crippen LogP contribution < -0.4 is 26.2 Å². The van der Waals surface area contributed by atoms with Crippen molar-refractivity contribution in [2.45, 2.75) is 47.1 Å². The highest BCUT2D eigenvalue weighted by atomic mass is 32.1. The average molecular weight is 409 g/mol. The Balaban J connectivity index is 2.57. The summed E-state index contributed by atoms with van der Waals surface area (Å²) in [5.41, 5.74) is 5.70. The summed E-state index contributed by atoms with van der Waals surface area (Å²) < 4.78 is 5.37. The second-order valence-electron chi connectivity index (χ2n) is 7.21. The molecule has 0 fully saturated rings. The van der Waals surface area contributed by atoms with Gasteiger partial charge in [-0.05, 0) is 61.7 Å². The van der Waals surface area contributed by atoms with Gasteiger partial charge in [0, 0.05) is 12.1 Å². The van der Waals surface area contributed by atoms with Crippen LogP contribution in [0.3, 0.4) is 0 Å². The van der Waals surface area contributed by atoms with Crippen molar-refractivity contribution in [1.82, 2.24) is 21.5 Å². The van der Waals surface area contributed by atoms with Crippen LogP contribution in [-0.2, 0) is 4.79 Å². The molecule has 1 rings (SSSR count). The molecule has 0 aliphatic carbocycles. The summed E-state index contributed by atoms with van der Waals surface area (Å²) in [4.78, 5) is 25.0. The lowest BCUT2D eigenvalue weighted by Crippen LogP contribution is -2.55. The third-order valence-corrected chi connectivity index (χ3v) is 4.22. The third-order valence-electron chi connectivity index (χ3n) is 3.97. The normalized spacial score (nSPS) is 11.7. The van der Waals surface area contributed by atoms with E-state index >= 15 is 0 Å². The highest BCUT2D eigenvalue weighted by Gasteiger charge is 2.24. The van der Waals surface area contributed by atoms with Gasteiger partial charge in [-0.3, -0.25) is 20.4 Å². The molecule has 0 saturated heterocycles. The predicted octanol–water partition coefficient (Wildman–Crippen LogP) is 2.38. The lowest BCUT2D eigenvalue weighted by Gasteiger charge is -2.22. The fourth-order valence-corrected chi connectivity index (χ4v) is 2.50.